The van der Waals surface area contributed by atoms with Gasteiger partial charge < -0.3 is 15.1 Å². The van der Waals surface area contributed by atoms with Crippen molar-refractivity contribution in [1.29, 1.82) is 0 Å². The third kappa shape index (κ3) is 4.43. The van der Waals surface area contributed by atoms with Crippen LogP contribution in [0.15, 0.2) is 28.7 Å². The number of nitrogens with zero attached hydrogens (tertiary/aromatic N) is 3. The first-order valence-electron chi connectivity index (χ1n) is 7.94. The van der Waals surface area contributed by atoms with Crippen molar-refractivity contribution >= 4 is 17.6 Å². The van der Waals surface area contributed by atoms with E-state index in [1.807, 2.05) is 25.2 Å². The molecular formula is C16H22ClN5O. The van der Waals surface area contributed by atoms with Gasteiger partial charge in [-0.05, 0) is 31.5 Å². The lowest BCUT2D eigenvalue weighted by Gasteiger charge is -2.32. The van der Waals surface area contributed by atoms with E-state index in [2.05, 4.69) is 31.8 Å². The van der Waals surface area contributed by atoms with Crippen LogP contribution in [0.4, 0.5) is 6.01 Å². The summed E-state index contributed by atoms with van der Waals surface area (Å²) < 4.78 is 5.54. The van der Waals surface area contributed by atoms with Crippen molar-refractivity contribution in [2.45, 2.75) is 32.0 Å². The van der Waals surface area contributed by atoms with Crippen LogP contribution in [0.25, 0.3) is 0 Å². The summed E-state index contributed by atoms with van der Waals surface area (Å²) in [6.45, 7) is 3.55. The van der Waals surface area contributed by atoms with Gasteiger partial charge in [0.15, 0.2) is 0 Å². The lowest BCUT2D eigenvalue weighted by molar-refractivity contribution is 0.210. The van der Waals surface area contributed by atoms with Gasteiger partial charge in [0, 0.05) is 30.7 Å². The number of anilines is 1. The van der Waals surface area contributed by atoms with Crippen molar-refractivity contribution in [2.75, 3.05) is 25.5 Å². The fraction of sp³-hybridized carbons (Fsp3) is 0.500. The second-order valence-corrected chi connectivity index (χ2v) is 6.22. The molecule has 0 atom stereocenters. The highest BCUT2D eigenvalue weighted by atomic mass is 35.5. The summed E-state index contributed by atoms with van der Waals surface area (Å²) in [6.07, 6.45) is 2.10. The van der Waals surface area contributed by atoms with Gasteiger partial charge in [0.2, 0.25) is 5.89 Å². The zero-order chi connectivity index (χ0) is 16.1. The number of hydrogen-bond donors (Lipinski definition) is 2. The van der Waals surface area contributed by atoms with Crippen LogP contribution in [-0.2, 0) is 13.1 Å². The van der Waals surface area contributed by atoms with E-state index in [1.54, 1.807) is 0 Å². The van der Waals surface area contributed by atoms with Crippen molar-refractivity contribution in [3.05, 3.63) is 40.7 Å². The molecule has 3 rings (SSSR count). The van der Waals surface area contributed by atoms with Gasteiger partial charge in [-0.2, -0.15) is 0 Å². The Hall–Kier alpha value is -1.63. The SMILES string of the molecule is CNCc1nnc(NC2CCN(Cc3ccccc3Cl)CC2)o1. The molecule has 23 heavy (non-hydrogen) atoms. The Labute approximate surface area is 141 Å². The number of aromatic nitrogens is 2. The standard InChI is InChI=1S/C16H22ClN5O/c1-18-10-15-20-21-16(23-15)19-13-6-8-22(9-7-13)11-12-4-2-3-5-14(12)17/h2-5,13,18H,6-11H2,1H3,(H,19,21). The Morgan fingerprint density at radius 3 is 2.78 bits per heavy atom. The average molecular weight is 336 g/mol. The maximum absolute atomic E-state index is 6.24. The van der Waals surface area contributed by atoms with Crippen LogP contribution in [0.5, 0.6) is 0 Å². The molecule has 124 valence electrons. The first kappa shape index (κ1) is 16.2. The lowest BCUT2D eigenvalue weighted by Crippen LogP contribution is -2.38. The van der Waals surface area contributed by atoms with Crippen LogP contribution in [0.2, 0.25) is 5.02 Å². The van der Waals surface area contributed by atoms with E-state index in [9.17, 15) is 0 Å². The molecule has 0 aliphatic carbocycles. The van der Waals surface area contributed by atoms with Gasteiger partial charge >= 0.3 is 6.01 Å². The van der Waals surface area contributed by atoms with E-state index in [-0.39, 0.29) is 0 Å². The smallest absolute Gasteiger partial charge is 0.315 e. The molecule has 0 radical (unpaired) electrons. The van der Waals surface area contributed by atoms with Gasteiger partial charge in [0.1, 0.15) is 0 Å². The van der Waals surface area contributed by atoms with Crippen molar-refractivity contribution in [1.82, 2.24) is 20.4 Å². The number of halogens is 1. The van der Waals surface area contributed by atoms with Crippen molar-refractivity contribution in [3.63, 3.8) is 0 Å². The summed E-state index contributed by atoms with van der Waals surface area (Å²) in [4.78, 5) is 2.43. The Bertz CT molecular complexity index is 624. The Morgan fingerprint density at radius 2 is 2.04 bits per heavy atom. The highest BCUT2D eigenvalue weighted by molar-refractivity contribution is 6.31. The molecule has 1 saturated heterocycles. The maximum atomic E-state index is 6.24. The second-order valence-electron chi connectivity index (χ2n) is 5.82. The van der Waals surface area contributed by atoms with Crippen molar-refractivity contribution in [3.8, 4) is 0 Å². The highest BCUT2D eigenvalue weighted by Crippen LogP contribution is 2.21. The number of piperidine rings is 1. The quantitative estimate of drug-likeness (QED) is 0.845. The summed E-state index contributed by atoms with van der Waals surface area (Å²) >= 11 is 6.24. The van der Waals surface area contributed by atoms with Gasteiger partial charge in [-0.15, -0.1) is 5.10 Å². The van der Waals surface area contributed by atoms with Crippen LogP contribution in [0.1, 0.15) is 24.3 Å². The molecule has 0 bridgehead atoms. The number of hydrogen-bond acceptors (Lipinski definition) is 6. The Morgan fingerprint density at radius 1 is 1.26 bits per heavy atom. The van der Waals surface area contributed by atoms with Crippen LogP contribution in [0, 0.1) is 0 Å². The number of nitrogens with one attached hydrogen (secondary N) is 2. The lowest BCUT2D eigenvalue weighted by atomic mass is 10.0. The summed E-state index contributed by atoms with van der Waals surface area (Å²) in [7, 11) is 1.85. The first-order valence-corrected chi connectivity index (χ1v) is 8.31. The topological polar surface area (TPSA) is 66.2 Å². The Kier molecular flexibility index (Phi) is 5.48. The minimum Gasteiger partial charge on any atom is -0.407 e. The fourth-order valence-corrected chi connectivity index (χ4v) is 3.01. The molecule has 2 heterocycles. The van der Waals surface area contributed by atoms with E-state index >= 15 is 0 Å². The average Bonchev–Trinajstić information content (AvgIpc) is 2.99. The summed E-state index contributed by atoms with van der Waals surface area (Å²) in [5, 5.41) is 15.2. The van der Waals surface area contributed by atoms with Crippen LogP contribution >= 0.6 is 11.6 Å². The van der Waals surface area contributed by atoms with Crippen LogP contribution < -0.4 is 10.6 Å². The molecule has 1 aliphatic rings. The van der Waals surface area contributed by atoms with E-state index < -0.39 is 0 Å². The largest absolute Gasteiger partial charge is 0.407 e. The monoisotopic (exact) mass is 335 g/mol. The molecule has 0 spiro atoms. The molecule has 7 heteroatoms. The van der Waals surface area contributed by atoms with E-state index in [0.29, 0.717) is 24.5 Å². The van der Waals surface area contributed by atoms with Gasteiger partial charge in [-0.25, -0.2) is 0 Å². The second kappa shape index (κ2) is 7.77. The van der Waals surface area contributed by atoms with E-state index in [0.717, 1.165) is 37.5 Å². The van der Waals surface area contributed by atoms with Crippen LogP contribution in [-0.4, -0.2) is 41.3 Å². The first-order chi connectivity index (χ1) is 11.2. The molecule has 0 saturated carbocycles. The Balaban J connectivity index is 1.47. The zero-order valence-electron chi connectivity index (χ0n) is 13.3. The predicted molar refractivity (Wildman–Crippen MR) is 90.4 cm³/mol. The van der Waals surface area contributed by atoms with Crippen molar-refractivity contribution in [2.24, 2.45) is 0 Å². The molecule has 1 aromatic carbocycles. The number of likely N-dealkylation sites (tertiary alicyclic amines) is 1. The molecular weight excluding hydrogens is 314 g/mol. The molecule has 6 nitrogen and oxygen atoms in total. The number of benzene rings is 1. The third-order valence-corrected chi connectivity index (χ3v) is 4.43. The predicted octanol–water partition coefficient (Wildman–Crippen LogP) is 2.52. The molecule has 1 fully saturated rings. The van der Waals surface area contributed by atoms with Gasteiger partial charge in [-0.3, -0.25) is 4.90 Å². The van der Waals surface area contributed by atoms with Crippen molar-refractivity contribution < 1.29 is 4.42 Å². The van der Waals surface area contributed by atoms with E-state index in [1.165, 1.54) is 5.56 Å². The van der Waals surface area contributed by atoms with Crippen LogP contribution in [0.3, 0.4) is 0 Å². The molecule has 1 aliphatic heterocycles. The van der Waals surface area contributed by atoms with Gasteiger partial charge in [-0.1, -0.05) is 34.9 Å². The summed E-state index contributed by atoms with van der Waals surface area (Å²) in [6, 6.07) is 8.93. The molecule has 1 aromatic heterocycles. The van der Waals surface area contributed by atoms with Gasteiger partial charge in [0.05, 0.1) is 6.54 Å². The normalized spacial score (nSPS) is 16.6. The highest BCUT2D eigenvalue weighted by Gasteiger charge is 2.21. The van der Waals surface area contributed by atoms with Gasteiger partial charge in [0.25, 0.3) is 0 Å². The molecule has 0 unspecified atom stereocenters. The minimum atomic E-state index is 0.375. The minimum absolute atomic E-state index is 0.375. The fourth-order valence-electron chi connectivity index (χ4n) is 2.81. The molecule has 2 N–H and O–H groups in total. The molecule has 2 aromatic rings. The van der Waals surface area contributed by atoms with E-state index in [4.69, 9.17) is 16.0 Å². The third-order valence-electron chi connectivity index (χ3n) is 4.06. The number of rotatable bonds is 6. The maximum Gasteiger partial charge on any atom is 0.315 e. The summed E-state index contributed by atoms with van der Waals surface area (Å²) in [5.74, 6) is 0.603. The summed E-state index contributed by atoms with van der Waals surface area (Å²) in [5.41, 5.74) is 1.19. The molecule has 0 amide bonds. The zero-order valence-corrected chi connectivity index (χ0v) is 14.0.